The topological polar surface area (TPSA) is 129 Å². The molecule has 0 aliphatic heterocycles. The van der Waals surface area contributed by atoms with Crippen LogP contribution in [0.5, 0.6) is 0 Å². The van der Waals surface area contributed by atoms with Crippen molar-refractivity contribution < 1.29 is 21.6 Å². The van der Waals surface area contributed by atoms with Crippen LogP contribution < -0.4 is 10.5 Å². The number of rotatable bonds is 7. The van der Waals surface area contributed by atoms with Gasteiger partial charge in [0, 0.05) is 30.1 Å². The van der Waals surface area contributed by atoms with Gasteiger partial charge in [0.25, 0.3) is 10.0 Å². The van der Waals surface area contributed by atoms with Gasteiger partial charge in [-0.1, -0.05) is 12.1 Å². The van der Waals surface area contributed by atoms with Crippen LogP contribution in [0.1, 0.15) is 6.92 Å². The lowest BCUT2D eigenvalue weighted by atomic mass is 10.1. The SMILES string of the molecule is CCn1cc(-c2nc(-c3cccc(NS(=O)(=O)c4c(F)cccc4F)c3F)c(-c3ccnc(N)n3)s2)cn1. The minimum atomic E-state index is -4.81. The Labute approximate surface area is 218 Å². The van der Waals surface area contributed by atoms with E-state index in [-0.39, 0.29) is 17.2 Å². The summed E-state index contributed by atoms with van der Waals surface area (Å²) in [5, 5.41) is 4.76. The highest BCUT2D eigenvalue weighted by molar-refractivity contribution is 7.92. The maximum Gasteiger partial charge on any atom is 0.267 e. The average Bonchev–Trinajstić information content (AvgIpc) is 3.52. The number of nitrogens with zero attached hydrogens (tertiary/aromatic N) is 5. The van der Waals surface area contributed by atoms with Crippen molar-refractivity contribution in [2.75, 3.05) is 10.5 Å². The maximum absolute atomic E-state index is 15.8. The number of hydrogen-bond donors (Lipinski definition) is 2. The third-order valence-electron chi connectivity index (χ3n) is 5.42. The van der Waals surface area contributed by atoms with Gasteiger partial charge in [0.15, 0.2) is 10.7 Å². The van der Waals surface area contributed by atoms with E-state index >= 15 is 4.39 Å². The van der Waals surface area contributed by atoms with Gasteiger partial charge in [0.1, 0.15) is 16.6 Å². The van der Waals surface area contributed by atoms with Gasteiger partial charge in [0.05, 0.1) is 28.1 Å². The monoisotopic (exact) mass is 557 g/mol. The molecule has 0 spiro atoms. The van der Waals surface area contributed by atoms with Crippen LogP contribution in [-0.2, 0) is 16.6 Å². The number of anilines is 2. The quantitative estimate of drug-likeness (QED) is 0.290. The number of aromatic nitrogens is 5. The molecule has 0 saturated heterocycles. The first kappa shape index (κ1) is 25.4. The average molecular weight is 558 g/mol. The molecule has 3 heterocycles. The van der Waals surface area contributed by atoms with Crippen molar-refractivity contribution in [1.82, 2.24) is 24.7 Å². The molecule has 0 unspecified atom stereocenters. The Morgan fingerprint density at radius 1 is 1.05 bits per heavy atom. The molecule has 14 heteroatoms. The number of nitrogens with one attached hydrogen (secondary N) is 1. The molecule has 2 aromatic carbocycles. The lowest BCUT2D eigenvalue weighted by Crippen LogP contribution is -2.17. The fraction of sp³-hybridized carbons (Fsp3) is 0.0833. The molecule has 3 aromatic heterocycles. The van der Waals surface area contributed by atoms with Crippen molar-refractivity contribution in [1.29, 1.82) is 0 Å². The van der Waals surface area contributed by atoms with Crippen molar-refractivity contribution in [2.45, 2.75) is 18.4 Å². The normalized spacial score (nSPS) is 11.6. The Morgan fingerprint density at radius 3 is 2.47 bits per heavy atom. The number of nitrogens with two attached hydrogens (primary N) is 1. The molecule has 0 amide bonds. The van der Waals surface area contributed by atoms with Gasteiger partial charge in [-0.15, -0.1) is 11.3 Å². The fourth-order valence-corrected chi connectivity index (χ4v) is 5.90. The van der Waals surface area contributed by atoms with Crippen LogP contribution in [0.2, 0.25) is 0 Å². The van der Waals surface area contributed by atoms with Gasteiger partial charge < -0.3 is 5.73 Å². The molecule has 0 fully saturated rings. The molecule has 38 heavy (non-hydrogen) atoms. The van der Waals surface area contributed by atoms with Crippen molar-refractivity contribution in [3.05, 3.63) is 78.5 Å². The van der Waals surface area contributed by atoms with E-state index in [9.17, 15) is 17.2 Å². The highest BCUT2D eigenvalue weighted by Gasteiger charge is 2.27. The van der Waals surface area contributed by atoms with Crippen molar-refractivity contribution in [3.63, 3.8) is 0 Å². The molecule has 0 aliphatic carbocycles. The molecule has 194 valence electrons. The van der Waals surface area contributed by atoms with E-state index in [1.165, 1.54) is 29.7 Å². The first-order chi connectivity index (χ1) is 18.2. The van der Waals surface area contributed by atoms with Crippen molar-refractivity contribution >= 4 is 33.0 Å². The fourth-order valence-electron chi connectivity index (χ4n) is 3.68. The van der Waals surface area contributed by atoms with E-state index in [0.29, 0.717) is 27.7 Å². The van der Waals surface area contributed by atoms with Crippen LogP contribution in [-0.4, -0.2) is 33.2 Å². The molecule has 5 rings (SSSR count). The first-order valence-corrected chi connectivity index (χ1v) is 13.4. The van der Waals surface area contributed by atoms with Crippen LogP contribution in [0.4, 0.5) is 24.8 Å². The Kier molecular flexibility index (Phi) is 6.59. The Balaban J connectivity index is 1.64. The van der Waals surface area contributed by atoms with Gasteiger partial charge in [-0.3, -0.25) is 9.40 Å². The van der Waals surface area contributed by atoms with E-state index in [1.807, 2.05) is 11.6 Å². The summed E-state index contributed by atoms with van der Waals surface area (Å²) in [6.45, 7) is 2.56. The summed E-state index contributed by atoms with van der Waals surface area (Å²) in [7, 11) is -4.81. The zero-order chi connectivity index (χ0) is 27.0. The summed E-state index contributed by atoms with van der Waals surface area (Å²) < 4.78 is 73.4. The summed E-state index contributed by atoms with van der Waals surface area (Å²) in [5.41, 5.74) is 6.38. The van der Waals surface area contributed by atoms with Crippen LogP contribution >= 0.6 is 11.3 Å². The molecule has 5 aromatic rings. The maximum atomic E-state index is 15.8. The van der Waals surface area contributed by atoms with E-state index < -0.39 is 38.1 Å². The summed E-state index contributed by atoms with van der Waals surface area (Å²) in [6, 6.07) is 8.12. The van der Waals surface area contributed by atoms with Crippen LogP contribution in [0, 0.1) is 17.5 Å². The Hall–Kier alpha value is -4.30. The molecule has 0 bridgehead atoms. The number of aryl methyl sites for hydroxylation is 1. The largest absolute Gasteiger partial charge is 0.368 e. The van der Waals surface area contributed by atoms with Crippen molar-refractivity contribution in [2.24, 2.45) is 0 Å². The predicted molar refractivity (Wildman–Crippen MR) is 137 cm³/mol. The second-order valence-electron chi connectivity index (χ2n) is 7.90. The number of hydrogen-bond acceptors (Lipinski definition) is 8. The first-order valence-electron chi connectivity index (χ1n) is 11.1. The lowest BCUT2D eigenvalue weighted by molar-refractivity contribution is 0.521. The predicted octanol–water partition coefficient (Wildman–Crippen LogP) is 4.95. The summed E-state index contributed by atoms with van der Waals surface area (Å²) in [6.07, 6.45) is 4.85. The third kappa shape index (κ3) is 4.70. The highest BCUT2D eigenvalue weighted by Crippen LogP contribution is 2.42. The standard InChI is InChI=1S/C24H18F3N7O2S2/c1-2-34-12-13(11-30-34)23-32-20(21(37-23)18-9-10-29-24(28)31-18)14-5-3-8-17(19(14)27)33-38(35,36)22-15(25)6-4-7-16(22)26/h3-12,33H,2H2,1H3,(H2,28,29,31). The Morgan fingerprint density at radius 2 is 1.79 bits per heavy atom. The third-order valence-corrected chi connectivity index (χ3v) is 7.97. The zero-order valence-corrected chi connectivity index (χ0v) is 21.2. The minimum Gasteiger partial charge on any atom is -0.368 e. The number of halogens is 3. The number of thiazole rings is 1. The minimum absolute atomic E-state index is 0.00361. The van der Waals surface area contributed by atoms with E-state index in [4.69, 9.17) is 5.73 Å². The van der Waals surface area contributed by atoms with Crippen LogP contribution in [0.3, 0.4) is 0 Å². The number of nitrogen functional groups attached to an aromatic ring is 1. The van der Waals surface area contributed by atoms with Gasteiger partial charge >= 0.3 is 0 Å². The van der Waals surface area contributed by atoms with Crippen molar-refractivity contribution in [3.8, 4) is 32.4 Å². The molecule has 0 radical (unpaired) electrons. The van der Waals surface area contributed by atoms with Gasteiger partial charge in [-0.25, -0.2) is 36.5 Å². The van der Waals surface area contributed by atoms with Gasteiger partial charge in [-0.05, 0) is 37.3 Å². The molecular formula is C24H18F3N7O2S2. The number of sulfonamides is 1. The highest BCUT2D eigenvalue weighted by atomic mass is 32.2. The molecule has 3 N–H and O–H groups in total. The summed E-state index contributed by atoms with van der Waals surface area (Å²) in [5.74, 6) is -3.63. The number of benzene rings is 2. The van der Waals surface area contributed by atoms with Crippen LogP contribution in [0.15, 0.2) is 66.0 Å². The second kappa shape index (κ2) is 9.87. The lowest BCUT2D eigenvalue weighted by Gasteiger charge is -2.12. The molecular weight excluding hydrogens is 539 g/mol. The molecule has 0 atom stereocenters. The smallest absolute Gasteiger partial charge is 0.267 e. The van der Waals surface area contributed by atoms with E-state index in [2.05, 4.69) is 20.1 Å². The summed E-state index contributed by atoms with van der Waals surface area (Å²) in [4.78, 5) is 12.0. The summed E-state index contributed by atoms with van der Waals surface area (Å²) >= 11 is 1.21. The van der Waals surface area contributed by atoms with Crippen LogP contribution in [0.25, 0.3) is 32.4 Å². The zero-order valence-electron chi connectivity index (χ0n) is 19.6. The second-order valence-corrected chi connectivity index (χ2v) is 10.5. The Bertz CT molecular complexity index is 1750. The van der Waals surface area contributed by atoms with Gasteiger partial charge in [0.2, 0.25) is 5.95 Å². The van der Waals surface area contributed by atoms with E-state index in [1.54, 1.807) is 23.1 Å². The molecule has 0 saturated carbocycles. The van der Waals surface area contributed by atoms with E-state index in [0.717, 1.165) is 24.3 Å². The molecule has 0 aliphatic rings. The molecule has 9 nitrogen and oxygen atoms in total. The van der Waals surface area contributed by atoms with Gasteiger partial charge in [-0.2, -0.15) is 5.10 Å².